The molecule has 3 atom stereocenters. The molecule has 10 nitrogen and oxygen atoms in total. The zero-order valence-electron chi connectivity index (χ0n) is 23.4. The summed E-state index contributed by atoms with van der Waals surface area (Å²) in [6.07, 6.45) is 4.83. The smallest absolute Gasteiger partial charge is 0.252 e. The molecule has 1 fully saturated rings. The molecule has 3 aromatic rings. The van der Waals surface area contributed by atoms with E-state index >= 15 is 4.39 Å². The van der Waals surface area contributed by atoms with Crippen LogP contribution in [-0.4, -0.2) is 68.7 Å². The maximum atomic E-state index is 15.4. The van der Waals surface area contributed by atoms with Gasteiger partial charge in [0.05, 0.1) is 54.8 Å². The van der Waals surface area contributed by atoms with Crippen LogP contribution in [0.2, 0.25) is 0 Å². The van der Waals surface area contributed by atoms with Gasteiger partial charge in [-0.15, -0.1) is 11.8 Å². The molecule has 0 aliphatic carbocycles. The lowest BCUT2D eigenvalue weighted by Gasteiger charge is -2.44. The van der Waals surface area contributed by atoms with Gasteiger partial charge in [-0.3, -0.25) is 4.68 Å². The number of carboxylic acid groups (broad SMARTS) is 1. The molecule has 232 valence electrons. The number of thioether (sulfide) groups is 1. The van der Waals surface area contributed by atoms with Gasteiger partial charge in [0.2, 0.25) is 0 Å². The molecule has 4 rings (SSSR count). The van der Waals surface area contributed by atoms with E-state index < -0.39 is 53.3 Å². The second-order valence-electron chi connectivity index (χ2n) is 9.86. The predicted molar refractivity (Wildman–Crippen MR) is 151 cm³/mol. The van der Waals surface area contributed by atoms with Crippen molar-refractivity contribution in [3.8, 4) is 6.07 Å². The van der Waals surface area contributed by atoms with E-state index in [1.54, 1.807) is 25.2 Å². The average Bonchev–Trinajstić information content (AvgIpc) is 3.51. The van der Waals surface area contributed by atoms with Crippen LogP contribution in [0.5, 0.6) is 0 Å². The maximum Gasteiger partial charge on any atom is 0.252 e. The molecule has 2 heterocycles. The molecule has 1 saturated heterocycles. The molecule has 1 aliphatic heterocycles. The van der Waals surface area contributed by atoms with Crippen molar-refractivity contribution in [1.82, 2.24) is 14.8 Å². The molecular formula is C30H28F3N4O6S-. The van der Waals surface area contributed by atoms with Gasteiger partial charge in [-0.1, -0.05) is 37.3 Å². The Bertz CT molecular complexity index is 1530. The SMILES string of the molecule is C[C@@H](SC1COC(/C=C/C=C/c2ccc(C#N)cc2F)OC1)[C@@](Cn1cncn1)(c1ccc(F)cc1F)C(O)COC(=O)[O-]. The molecule has 1 N–H and O–H groups in total. The third-order valence-corrected chi connectivity index (χ3v) is 8.56. The number of aliphatic hydroxyl groups is 1. The summed E-state index contributed by atoms with van der Waals surface area (Å²) < 4.78 is 60.9. The topological polar surface area (TPSA) is 143 Å². The van der Waals surface area contributed by atoms with Crippen molar-refractivity contribution >= 4 is 24.0 Å². The number of allylic oxidation sites excluding steroid dienone is 2. The van der Waals surface area contributed by atoms with Crippen molar-refractivity contribution in [3.63, 3.8) is 0 Å². The number of hydrogen-bond donors (Lipinski definition) is 1. The highest BCUT2D eigenvalue weighted by Crippen LogP contribution is 2.43. The fourth-order valence-electron chi connectivity index (χ4n) is 4.88. The molecule has 0 amide bonds. The van der Waals surface area contributed by atoms with Crippen LogP contribution < -0.4 is 5.11 Å². The van der Waals surface area contributed by atoms with Gasteiger partial charge in [0.15, 0.2) is 6.29 Å². The monoisotopic (exact) mass is 629 g/mol. The second-order valence-corrected chi connectivity index (χ2v) is 11.5. The molecular weight excluding hydrogens is 601 g/mol. The Morgan fingerprint density at radius 1 is 1.25 bits per heavy atom. The molecule has 0 bridgehead atoms. The number of hydrogen-bond acceptors (Lipinski definition) is 10. The quantitative estimate of drug-likeness (QED) is 0.234. The van der Waals surface area contributed by atoms with Crippen molar-refractivity contribution in [2.75, 3.05) is 19.8 Å². The molecule has 1 unspecified atom stereocenters. The number of aromatic nitrogens is 3. The number of nitrogens with zero attached hydrogens (tertiary/aromatic N) is 4. The maximum absolute atomic E-state index is 15.4. The molecule has 44 heavy (non-hydrogen) atoms. The van der Waals surface area contributed by atoms with Gasteiger partial charge >= 0.3 is 0 Å². The highest BCUT2D eigenvalue weighted by Gasteiger charge is 2.48. The first-order valence-electron chi connectivity index (χ1n) is 13.4. The second kappa shape index (κ2) is 15.0. The van der Waals surface area contributed by atoms with Crippen LogP contribution in [0.25, 0.3) is 6.08 Å². The first kappa shape index (κ1) is 32.7. The van der Waals surface area contributed by atoms with Crippen molar-refractivity contribution in [3.05, 3.63) is 101 Å². The minimum absolute atomic E-state index is 0.0761. The van der Waals surface area contributed by atoms with Crippen molar-refractivity contribution in [2.45, 2.75) is 41.8 Å². The predicted octanol–water partition coefficient (Wildman–Crippen LogP) is 3.36. The molecule has 1 aliphatic rings. The number of aliphatic hydroxyl groups excluding tert-OH is 1. The Hall–Kier alpha value is -4.16. The van der Waals surface area contributed by atoms with Crippen molar-refractivity contribution < 1.29 is 42.4 Å². The Morgan fingerprint density at radius 2 is 2.02 bits per heavy atom. The minimum atomic E-state index is -1.87. The summed E-state index contributed by atoms with van der Waals surface area (Å²) in [7, 11) is 0. The van der Waals surface area contributed by atoms with Crippen molar-refractivity contribution in [2.24, 2.45) is 0 Å². The average molecular weight is 630 g/mol. The van der Waals surface area contributed by atoms with Crippen LogP contribution in [-0.2, 0) is 26.2 Å². The van der Waals surface area contributed by atoms with Gasteiger partial charge in [0.1, 0.15) is 30.1 Å². The highest BCUT2D eigenvalue weighted by molar-refractivity contribution is 8.00. The summed E-state index contributed by atoms with van der Waals surface area (Å²) in [6, 6.07) is 8.97. The van der Waals surface area contributed by atoms with Crippen LogP contribution in [0.1, 0.15) is 23.6 Å². The van der Waals surface area contributed by atoms with Crippen LogP contribution in [0, 0.1) is 28.8 Å². The van der Waals surface area contributed by atoms with E-state index in [1.807, 2.05) is 6.07 Å². The Kier molecular flexibility index (Phi) is 11.2. The van der Waals surface area contributed by atoms with Crippen LogP contribution >= 0.6 is 11.8 Å². The lowest BCUT2D eigenvalue weighted by molar-refractivity contribution is -0.285. The normalized spacial score (nSPS) is 19.8. The molecule has 0 radical (unpaired) electrons. The molecule has 14 heteroatoms. The molecule has 1 aromatic heterocycles. The zero-order valence-corrected chi connectivity index (χ0v) is 24.2. The molecule has 0 saturated carbocycles. The summed E-state index contributed by atoms with van der Waals surface area (Å²) in [5.41, 5.74) is -1.13. The number of nitriles is 1. The van der Waals surface area contributed by atoms with Gasteiger partial charge in [-0.2, -0.15) is 10.4 Å². The Labute approximate surface area is 255 Å². The first-order chi connectivity index (χ1) is 21.1. The summed E-state index contributed by atoms with van der Waals surface area (Å²) in [6.45, 7) is 1.21. The number of carbonyl (C=O) groups excluding carboxylic acids is 1. The van der Waals surface area contributed by atoms with E-state index in [-0.39, 0.29) is 36.1 Å². The van der Waals surface area contributed by atoms with E-state index in [0.717, 1.165) is 12.1 Å². The van der Waals surface area contributed by atoms with E-state index in [1.165, 1.54) is 53.4 Å². The van der Waals surface area contributed by atoms with Crippen LogP contribution in [0.15, 0.2) is 67.3 Å². The fraction of sp³-hybridized carbons (Fsp3) is 0.333. The highest BCUT2D eigenvalue weighted by atomic mass is 32.2. The fourth-order valence-corrected chi connectivity index (χ4v) is 6.37. The molecule has 0 spiro atoms. The summed E-state index contributed by atoms with van der Waals surface area (Å²) >= 11 is 1.30. The lowest BCUT2D eigenvalue weighted by Crippen LogP contribution is -2.54. The van der Waals surface area contributed by atoms with E-state index in [4.69, 9.17) is 14.7 Å². The number of halogens is 3. The first-order valence-corrected chi connectivity index (χ1v) is 14.3. The zero-order chi connectivity index (χ0) is 31.7. The van der Waals surface area contributed by atoms with Crippen molar-refractivity contribution in [1.29, 1.82) is 5.26 Å². The minimum Gasteiger partial charge on any atom is -0.547 e. The van der Waals surface area contributed by atoms with Crippen LogP contribution in [0.4, 0.5) is 18.0 Å². The number of ether oxygens (including phenoxy) is 3. The number of rotatable bonds is 12. The number of benzene rings is 2. The largest absolute Gasteiger partial charge is 0.547 e. The van der Waals surface area contributed by atoms with E-state index in [0.29, 0.717) is 11.6 Å². The third kappa shape index (κ3) is 8.06. The van der Waals surface area contributed by atoms with Crippen LogP contribution in [0.3, 0.4) is 0 Å². The number of carbonyl (C=O) groups is 1. The summed E-state index contributed by atoms with van der Waals surface area (Å²) in [4.78, 5) is 15.0. The lowest BCUT2D eigenvalue weighted by atomic mass is 9.72. The van der Waals surface area contributed by atoms with Gasteiger partial charge in [0, 0.05) is 16.9 Å². The summed E-state index contributed by atoms with van der Waals surface area (Å²) in [5.74, 6) is -2.29. The molecule has 2 aromatic carbocycles. The standard InChI is InChI=1S/C30H29F3N4O6S/c1-19(44-23-13-41-28(42-14-23)5-3-2-4-21-7-6-20(12-34)10-25(21)32)30(16-37-18-35-17-36-37,27(38)15-43-29(39)40)24-9-8-22(31)11-26(24)33/h2-11,17-19,23,27-28,38H,13-16H2,1H3,(H,39,40)/p-1/b4-2+,5-3+/t19-,23?,27?,28?,30+/m1/s1. The van der Waals surface area contributed by atoms with E-state index in [2.05, 4.69) is 14.8 Å². The van der Waals surface area contributed by atoms with Gasteiger partial charge in [0.25, 0.3) is 6.16 Å². The van der Waals surface area contributed by atoms with Gasteiger partial charge in [-0.05, 0) is 29.8 Å². The summed E-state index contributed by atoms with van der Waals surface area (Å²) in [5, 5.41) is 34.4. The Morgan fingerprint density at radius 3 is 2.66 bits per heavy atom. The van der Waals surface area contributed by atoms with Gasteiger partial charge in [-0.25, -0.2) is 18.2 Å². The van der Waals surface area contributed by atoms with Gasteiger partial charge < -0.3 is 29.2 Å². The van der Waals surface area contributed by atoms with E-state index in [9.17, 15) is 23.8 Å². The Balaban J connectivity index is 1.49. The third-order valence-electron chi connectivity index (χ3n) is 7.08.